The Bertz CT molecular complexity index is 407. The summed E-state index contributed by atoms with van der Waals surface area (Å²) in [6, 6.07) is 0. The number of rotatable bonds is 7. The van der Waals surface area contributed by atoms with E-state index in [2.05, 4.69) is 35.4 Å². The van der Waals surface area contributed by atoms with E-state index in [1.54, 1.807) is 6.92 Å². The van der Waals surface area contributed by atoms with Crippen LogP contribution in [0.2, 0.25) is 11.4 Å². The minimum atomic E-state index is -2.11. The predicted molar refractivity (Wildman–Crippen MR) is 92.0 cm³/mol. The number of nitrogens with zero attached hydrogens (tertiary/aromatic N) is 5. The third kappa shape index (κ3) is 5.18. The van der Waals surface area contributed by atoms with Gasteiger partial charge in [0.15, 0.2) is 0 Å². The van der Waals surface area contributed by atoms with E-state index in [4.69, 9.17) is 4.74 Å². The van der Waals surface area contributed by atoms with Crippen LogP contribution in [-0.2, 0) is 9.53 Å². The van der Waals surface area contributed by atoms with Crippen molar-refractivity contribution in [2.75, 3.05) is 48.9 Å². The molecule has 0 amide bonds. The average molecular weight is 381 g/mol. The molecule has 0 radical (unpaired) electrons. The Morgan fingerprint density at radius 1 is 1.05 bits per heavy atom. The Kier molecular flexibility index (Phi) is 8.98. The maximum absolute atomic E-state index is 12.0. The Hall–Kier alpha value is -0.192. The van der Waals surface area contributed by atoms with Crippen LogP contribution >= 0.6 is 7.51 Å². The third-order valence-electron chi connectivity index (χ3n) is 2.75. The second-order valence-electron chi connectivity index (χ2n) is 5.21. The summed E-state index contributed by atoms with van der Waals surface area (Å²) in [6.07, 6.45) is 0. The van der Waals surface area contributed by atoms with Crippen LogP contribution in [0.1, 0.15) is 6.92 Å². The van der Waals surface area contributed by atoms with Gasteiger partial charge in [-0.15, -0.1) is 0 Å². The Morgan fingerprint density at radius 3 is 1.76 bits per heavy atom. The molecular formula is C12H29AsN5O2P. The van der Waals surface area contributed by atoms with Crippen LogP contribution in [0.15, 0.2) is 9.96 Å². The standard InChI is InChI=1S/C12H29AsN5O2P/c1-10-20-12(19)11(13(2)3)14-15-21(16(4)5,17(6)7)18(8)9/h10H2,1-9H3/b14-11+. The number of carbonyl (C=O) groups excluding carboxylic acids is 1. The van der Waals surface area contributed by atoms with Crippen molar-refractivity contribution >= 4 is 32.6 Å². The molecule has 0 aromatic rings. The Morgan fingerprint density at radius 2 is 1.48 bits per heavy atom. The van der Waals surface area contributed by atoms with Crippen LogP contribution in [0.3, 0.4) is 0 Å². The summed E-state index contributed by atoms with van der Waals surface area (Å²) in [5.74, 6) is -0.333. The first-order valence-electron chi connectivity index (χ1n) is 6.68. The van der Waals surface area contributed by atoms with Crippen molar-refractivity contribution in [1.29, 1.82) is 0 Å². The molecule has 0 heterocycles. The third-order valence-corrected chi connectivity index (χ3v) is 8.65. The molecule has 9 heteroatoms. The monoisotopic (exact) mass is 381 g/mol. The summed E-state index contributed by atoms with van der Waals surface area (Å²) in [5, 5.41) is 4.33. The number of esters is 1. The summed E-state index contributed by atoms with van der Waals surface area (Å²) < 4.78 is 11.8. The summed E-state index contributed by atoms with van der Waals surface area (Å²) in [4.78, 5) is 16.6. The van der Waals surface area contributed by atoms with Crippen molar-refractivity contribution in [2.45, 2.75) is 18.3 Å². The molecule has 0 spiro atoms. The first kappa shape index (κ1) is 20.8. The molecule has 0 aliphatic heterocycles. The van der Waals surface area contributed by atoms with Crippen LogP contribution in [0.5, 0.6) is 0 Å². The summed E-state index contributed by atoms with van der Waals surface area (Å²) in [7, 11) is 9.75. The van der Waals surface area contributed by atoms with Gasteiger partial charge >= 0.3 is 133 Å². The second kappa shape index (κ2) is 9.06. The van der Waals surface area contributed by atoms with Crippen molar-refractivity contribution in [3.05, 3.63) is 0 Å². The number of ether oxygens (including phenoxy) is 1. The predicted octanol–water partition coefficient (Wildman–Crippen LogP) is 1.83. The molecule has 21 heavy (non-hydrogen) atoms. The van der Waals surface area contributed by atoms with E-state index in [1.165, 1.54) is 0 Å². The van der Waals surface area contributed by atoms with E-state index in [9.17, 15) is 4.79 Å². The van der Waals surface area contributed by atoms with E-state index in [0.29, 0.717) is 11.1 Å². The van der Waals surface area contributed by atoms with Crippen LogP contribution in [0.4, 0.5) is 0 Å². The van der Waals surface area contributed by atoms with Crippen LogP contribution in [0, 0.1) is 0 Å². The number of hydrogen-bond acceptors (Lipinski definition) is 3. The Balaban J connectivity index is 5.95. The van der Waals surface area contributed by atoms with Gasteiger partial charge in [0, 0.05) is 0 Å². The van der Waals surface area contributed by atoms with Gasteiger partial charge in [-0.3, -0.25) is 0 Å². The maximum atomic E-state index is 12.0. The van der Waals surface area contributed by atoms with Gasteiger partial charge in [0.05, 0.1) is 0 Å². The summed E-state index contributed by atoms with van der Waals surface area (Å²) in [5.41, 5.74) is 4.11. The summed E-state index contributed by atoms with van der Waals surface area (Å²) >= 11 is -1.48. The molecule has 0 aliphatic carbocycles. The van der Waals surface area contributed by atoms with Gasteiger partial charge in [-0.2, -0.15) is 0 Å². The van der Waals surface area contributed by atoms with Crippen molar-refractivity contribution in [3.63, 3.8) is 0 Å². The van der Waals surface area contributed by atoms with Gasteiger partial charge in [0.1, 0.15) is 0 Å². The first-order valence-corrected chi connectivity index (χ1v) is 13.0. The van der Waals surface area contributed by atoms with Gasteiger partial charge in [0.25, 0.3) is 0 Å². The molecule has 0 fully saturated rings. The van der Waals surface area contributed by atoms with E-state index >= 15 is 0 Å². The van der Waals surface area contributed by atoms with Crippen LogP contribution in [0.25, 0.3) is 0 Å². The van der Waals surface area contributed by atoms with Crippen molar-refractivity contribution in [1.82, 2.24) is 14.0 Å². The molecule has 0 rings (SSSR count). The first-order chi connectivity index (χ1) is 9.61. The molecule has 0 unspecified atom stereocenters. The fourth-order valence-corrected chi connectivity index (χ4v) is 6.28. The molecule has 124 valence electrons. The SMILES string of the molecule is CCOC(=O)/C(=N\N=P(N(C)C)(N(C)C)N(C)C)[As](C)C. The summed E-state index contributed by atoms with van der Waals surface area (Å²) in [6.45, 7) is 2.15. The zero-order valence-electron chi connectivity index (χ0n) is 14.7. The van der Waals surface area contributed by atoms with Gasteiger partial charge in [-0.05, 0) is 0 Å². The van der Waals surface area contributed by atoms with Crippen LogP contribution in [-0.4, -0.2) is 88.0 Å². The zero-order chi connectivity index (χ0) is 16.8. The number of hydrogen-bond donors (Lipinski definition) is 0. The van der Waals surface area contributed by atoms with Crippen molar-refractivity contribution in [2.24, 2.45) is 9.96 Å². The minimum absolute atomic E-state index is 0.333. The van der Waals surface area contributed by atoms with E-state index in [0.717, 1.165) is 0 Å². The molecule has 0 atom stereocenters. The topological polar surface area (TPSA) is 60.7 Å². The molecule has 0 aromatic heterocycles. The van der Waals surface area contributed by atoms with Crippen molar-refractivity contribution in [3.8, 4) is 0 Å². The second-order valence-corrected chi connectivity index (χ2v) is 13.5. The van der Waals surface area contributed by atoms with Gasteiger partial charge in [-0.1, -0.05) is 0 Å². The van der Waals surface area contributed by atoms with Gasteiger partial charge in [0.2, 0.25) is 0 Å². The quantitative estimate of drug-likeness (QED) is 0.221. The molecule has 0 aliphatic rings. The van der Waals surface area contributed by atoms with Crippen molar-refractivity contribution < 1.29 is 9.53 Å². The van der Waals surface area contributed by atoms with E-state index < -0.39 is 22.2 Å². The average Bonchev–Trinajstić information content (AvgIpc) is 2.32. The molecule has 7 nitrogen and oxygen atoms in total. The van der Waals surface area contributed by atoms with Gasteiger partial charge < -0.3 is 0 Å². The van der Waals surface area contributed by atoms with E-state index in [-0.39, 0.29) is 5.97 Å². The zero-order valence-corrected chi connectivity index (χ0v) is 17.4. The van der Waals surface area contributed by atoms with Crippen LogP contribution < -0.4 is 0 Å². The molecule has 0 bridgehead atoms. The normalized spacial score (nSPS) is 13.5. The molecule has 0 saturated carbocycles. The van der Waals surface area contributed by atoms with E-state index in [1.807, 2.05) is 42.3 Å². The molecule has 0 N–H and O–H groups in total. The molecule has 0 saturated heterocycles. The molecular weight excluding hydrogens is 352 g/mol. The fraction of sp³-hybridized carbons (Fsp3) is 0.833. The Labute approximate surface area is 133 Å². The van der Waals surface area contributed by atoms with Gasteiger partial charge in [-0.25, -0.2) is 0 Å². The number of carbonyl (C=O) groups is 1. The fourth-order valence-electron chi connectivity index (χ4n) is 1.92. The molecule has 0 aromatic carbocycles.